The predicted molar refractivity (Wildman–Crippen MR) is 259 cm³/mol. The molecule has 13 rings (SSSR count). The highest BCUT2D eigenvalue weighted by atomic mass is 16.5. The first-order valence-corrected chi connectivity index (χ1v) is 22.1. The molecule has 5 aliphatic carbocycles. The Labute approximate surface area is 369 Å². The Morgan fingerprint density at radius 2 is 1.08 bits per heavy atom. The third kappa shape index (κ3) is 4.73. The van der Waals surface area contributed by atoms with Gasteiger partial charge in [0, 0.05) is 22.5 Å². The highest BCUT2D eigenvalue weighted by Gasteiger charge is 2.53. The number of hydrogen-bond donors (Lipinski definition) is 0. The summed E-state index contributed by atoms with van der Waals surface area (Å²) in [5, 5.41) is 0. The zero-order valence-corrected chi connectivity index (χ0v) is 35.1. The summed E-state index contributed by atoms with van der Waals surface area (Å²) in [6.07, 6.45) is 19.4. The molecule has 0 saturated heterocycles. The molecular weight excluding hydrogens is 763 g/mol. The van der Waals surface area contributed by atoms with Crippen molar-refractivity contribution < 1.29 is 4.74 Å². The summed E-state index contributed by atoms with van der Waals surface area (Å²) in [6.45, 7) is 7.18. The molecule has 2 heteroatoms. The second-order valence-electron chi connectivity index (χ2n) is 17.5. The molecule has 0 aromatic heterocycles. The Morgan fingerprint density at radius 3 is 1.81 bits per heavy atom. The Bertz CT molecular complexity index is 3360. The monoisotopic (exact) mass is 805 g/mol. The minimum Gasteiger partial charge on any atom is -0.464 e. The van der Waals surface area contributed by atoms with Crippen LogP contribution in [0.3, 0.4) is 0 Å². The highest BCUT2D eigenvalue weighted by molar-refractivity contribution is 5.99. The van der Waals surface area contributed by atoms with Crippen molar-refractivity contribution in [3.8, 4) is 28.0 Å². The Kier molecular flexibility index (Phi) is 7.67. The number of nitrogens with zero attached hydrogens (tertiary/aromatic N) is 1. The standard InChI is InChI=1S/C61H43NO/c1-39-17-3-4-18-41-19-5-10-25-51(41)60(39)52-26-11-6-22-46(52)49-34-32-42(37-56(49)60)62(58-30-16-36-63-59-31-14-9-20-44(59)40(58)2)43-33-35-50-47-23-8-13-28-54(47)61(57(50)38-43)53-27-12-7-21-45(53)48-24-15-29-55(48)61/h3-17,19-23,25-38H,2,18,24H2,1H3/b4-3-,36-16-,39-17+,58-30+. The van der Waals surface area contributed by atoms with E-state index in [1.165, 1.54) is 83.5 Å². The summed E-state index contributed by atoms with van der Waals surface area (Å²) in [4.78, 5) is 2.46. The van der Waals surface area contributed by atoms with Crippen LogP contribution in [-0.4, -0.2) is 0 Å². The average Bonchev–Trinajstić information content (AvgIpc) is 4.07. The zero-order valence-electron chi connectivity index (χ0n) is 35.1. The summed E-state index contributed by atoms with van der Waals surface area (Å²) in [5.41, 5.74) is 24.0. The molecule has 2 unspecified atom stereocenters. The molecule has 6 aliphatic rings. The zero-order chi connectivity index (χ0) is 41.9. The van der Waals surface area contributed by atoms with Crippen molar-refractivity contribution in [3.05, 3.63) is 280 Å². The lowest BCUT2D eigenvalue weighted by Crippen LogP contribution is -2.30. The van der Waals surface area contributed by atoms with Gasteiger partial charge in [0.1, 0.15) is 5.75 Å². The second-order valence-corrected chi connectivity index (χ2v) is 17.5. The van der Waals surface area contributed by atoms with Gasteiger partial charge in [-0.05, 0) is 140 Å². The number of ether oxygens (including phenoxy) is 1. The van der Waals surface area contributed by atoms with Crippen LogP contribution in [0.2, 0.25) is 0 Å². The first-order valence-electron chi connectivity index (χ1n) is 22.1. The lowest BCUT2D eigenvalue weighted by atomic mass is 9.65. The fourth-order valence-electron chi connectivity index (χ4n) is 12.2. The Morgan fingerprint density at radius 1 is 0.508 bits per heavy atom. The van der Waals surface area contributed by atoms with E-state index in [0.29, 0.717) is 0 Å². The van der Waals surface area contributed by atoms with Crippen LogP contribution >= 0.6 is 0 Å². The van der Waals surface area contributed by atoms with Crippen LogP contribution in [0.5, 0.6) is 5.75 Å². The van der Waals surface area contributed by atoms with E-state index in [0.717, 1.165) is 46.8 Å². The SMILES string of the molecule is C=C1/C(N(c2ccc3c(c2)C2(C4=C(CC=C4)c4ccccc42)c2ccccc2-3)c2ccc3c(c2)C2(/C(C)=C/C=C\Cc4ccccc42)c2ccccc2-3)=C\C=C/Oc2ccccc21. The number of benzene rings is 7. The van der Waals surface area contributed by atoms with Gasteiger partial charge in [0.15, 0.2) is 0 Å². The summed E-state index contributed by atoms with van der Waals surface area (Å²) in [7, 11) is 0. The van der Waals surface area contributed by atoms with Crippen LogP contribution in [-0.2, 0) is 17.3 Å². The van der Waals surface area contributed by atoms with E-state index >= 15 is 0 Å². The minimum absolute atomic E-state index is 0.430. The highest BCUT2D eigenvalue weighted by Crippen LogP contribution is 2.65. The first-order chi connectivity index (χ1) is 31.1. The largest absolute Gasteiger partial charge is 0.464 e. The van der Waals surface area contributed by atoms with Crippen LogP contribution in [0, 0.1) is 0 Å². The fourth-order valence-corrected chi connectivity index (χ4v) is 12.2. The molecule has 2 atom stereocenters. The maximum atomic E-state index is 6.18. The van der Waals surface area contributed by atoms with Crippen LogP contribution in [0.4, 0.5) is 11.4 Å². The molecule has 0 bridgehead atoms. The molecule has 0 N–H and O–H groups in total. The number of hydrogen-bond acceptors (Lipinski definition) is 2. The van der Waals surface area contributed by atoms with E-state index in [1.807, 2.05) is 18.2 Å². The van der Waals surface area contributed by atoms with Crippen molar-refractivity contribution in [2.24, 2.45) is 0 Å². The molecule has 2 nitrogen and oxygen atoms in total. The van der Waals surface area contributed by atoms with E-state index < -0.39 is 10.8 Å². The van der Waals surface area contributed by atoms with Gasteiger partial charge in [-0.1, -0.05) is 170 Å². The van der Waals surface area contributed by atoms with E-state index in [4.69, 9.17) is 11.3 Å². The van der Waals surface area contributed by atoms with Crippen LogP contribution < -0.4 is 9.64 Å². The first kappa shape index (κ1) is 36.0. The molecule has 2 spiro atoms. The van der Waals surface area contributed by atoms with Gasteiger partial charge >= 0.3 is 0 Å². The van der Waals surface area contributed by atoms with Crippen molar-refractivity contribution in [1.82, 2.24) is 0 Å². The number of rotatable bonds is 3. The van der Waals surface area contributed by atoms with E-state index in [1.54, 1.807) is 6.26 Å². The molecule has 0 radical (unpaired) electrons. The summed E-state index contributed by atoms with van der Waals surface area (Å²) >= 11 is 0. The van der Waals surface area contributed by atoms with Crippen molar-refractivity contribution >= 4 is 22.5 Å². The van der Waals surface area contributed by atoms with Crippen LogP contribution in [0.25, 0.3) is 33.4 Å². The normalized spacial score (nSPS) is 22.9. The summed E-state index contributed by atoms with van der Waals surface area (Å²) in [5.74, 6) is 0.783. The average molecular weight is 806 g/mol. The molecular formula is C61H43NO. The quantitative estimate of drug-likeness (QED) is 0.176. The topological polar surface area (TPSA) is 12.5 Å². The van der Waals surface area contributed by atoms with Crippen molar-refractivity contribution in [2.45, 2.75) is 30.6 Å². The molecule has 0 fully saturated rings. The van der Waals surface area contributed by atoms with Gasteiger partial charge in [0.05, 0.1) is 22.8 Å². The molecule has 0 amide bonds. The van der Waals surface area contributed by atoms with Crippen molar-refractivity contribution in [1.29, 1.82) is 0 Å². The van der Waals surface area contributed by atoms with Gasteiger partial charge in [-0.25, -0.2) is 0 Å². The van der Waals surface area contributed by atoms with Crippen molar-refractivity contribution in [2.75, 3.05) is 4.90 Å². The van der Waals surface area contributed by atoms with E-state index in [2.05, 4.69) is 194 Å². The molecule has 1 heterocycles. The number of anilines is 2. The molecule has 63 heavy (non-hydrogen) atoms. The Hall–Kier alpha value is -7.68. The van der Waals surface area contributed by atoms with E-state index in [9.17, 15) is 0 Å². The van der Waals surface area contributed by atoms with Gasteiger partial charge in [-0.15, -0.1) is 0 Å². The van der Waals surface area contributed by atoms with E-state index in [-0.39, 0.29) is 0 Å². The lowest BCUT2D eigenvalue weighted by molar-refractivity contribution is 0.479. The third-order valence-electron chi connectivity index (χ3n) is 14.7. The minimum atomic E-state index is -0.490. The Balaban J connectivity index is 1.10. The van der Waals surface area contributed by atoms with Gasteiger partial charge in [0.2, 0.25) is 0 Å². The molecule has 298 valence electrons. The molecule has 1 aliphatic heterocycles. The van der Waals surface area contributed by atoms with Gasteiger partial charge < -0.3 is 9.64 Å². The third-order valence-corrected chi connectivity index (χ3v) is 14.7. The fraction of sp³-hybridized carbons (Fsp3) is 0.0820. The molecule has 7 aromatic carbocycles. The number of para-hydroxylation sites is 1. The molecule has 7 aromatic rings. The summed E-state index contributed by atoms with van der Waals surface area (Å²) in [6, 6.07) is 58.9. The van der Waals surface area contributed by atoms with Crippen molar-refractivity contribution in [3.63, 3.8) is 0 Å². The lowest BCUT2D eigenvalue weighted by Gasteiger charge is -2.38. The summed E-state index contributed by atoms with van der Waals surface area (Å²) < 4.78 is 6.18. The van der Waals surface area contributed by atoms with Gasteiger partial charge in [0.25, 0.3) is 0 Å². The smallest absolute Gasteiger partial charge is 0.134 e. The maximum Gasteiger partial charge on any atom is 0.134 e. The van der Waals surface area contributed by atoms with Crippen LogP contribution in [0.15, 0.2) is 230 Å². The maximum absolute atomic E-state index is 6.18. The molecule has 0 saturated carbocycles. The second kappa shape index (κ2) is 13.4. The predicted octanol–water partition coefficient (Wildman–Crippen LogP) is 14.7. The van der Waals surface area contributed by atoms with Gasteiger partial charge in [-0.3, -0.25) is 0 Å². The van der Waals surface area contributed by atoms with Crippen LogP contribution in [0.1, 0.15) is 63.4 Å². The number of allylic oxidation sites excluding steroid dienone is 11. The number of fused-ring (bicyclic) bond motifs is 17. The van der Waals surface area contributed by atoms with Gasteiger partial charge in [-0.2, -0.15) is 0 Å².